The van der Waals surface area contributed by atoms with E-state index in [-0.39, 0.29) is 10.6 Å². The van der Waals surface area contributed by atoms with Crippen molar-refractivity contribution in [3.05, 3.63) is 24.0 Å². The first-order valence-corrected chi connectivity index (χ1v) is 6.86. The molecule has 1 N–H and O–H groups in total. The second-order valence-corrected chi connectivity index (χ2v) is 5.33. The van der Waals surface area contributed by atoms with Crippen LogP contribution in [0.15, 0.2) is 23.2 Å². The van der Waals surface area contributed by atoms with Crippen molar-refractivity contribution in [1.82, 2.24) is 9.71 Å². The van der Waals surface area contributed by atoms with E-state index in [9.17, 15) is 8.42 Å². The molecule has 6 heteroatoms. The van der Waals surface area contributed by atoms with Crippen LogP contribution in [0.1, 0.15) is 25.5 Å². The maximum absolute atomic E-state index is 11.9. The summed E-state index contributed by atoms with van der Waals surface area (Å²) < 4.78 is 26.3. The lowest BCUT2D eigenvalue weighted by atomic mass is 10.2. The first-order chi connectivity index (χ1) is 8.53. The van der Waals surface area contributed by atoms with Gasteiger partial charge in [-0.1, -0.05) is 19.3 Å². The Labute approximate surface area is 107 Å². The topological polar surface area (TPSA) is 82.9 Å². The summed E-state index contributed by atoms with van der Waals surface area (Å²) in [5.74, 6) is 2.39. The Hall–Kier alpha value is -1.89. The van der Waals surface area contributed by atoms with E-state index in [1.54, 1.807) is 0 Å². The second-order valence-electron chi connectivity index (χ2n) is 3.62. The van der Waals surface area contributed by atoms with Gasteiger partial charge in [0.05, 0.1) is 6.04 Å². The van der Waals surface area contributed by atoms with Crippen molar-refractivity contribution in [2.24, 2.45) is 0 Å². The lowest BCUT2D eigenvalue weighted by molar-refractivity contribution is 0.564. The van der Waals surface area contributed by atoms with E-state index in [4.69, 9.17) is 11.7 Å². The average Bonchev–Trinajstić information content (AvgIpc) is 2.38. The van der Waals surface area contributed by atoms with Gasteiger partial charge in [-0.2, -0.15) is 9.98 Å². The molecule has 1 aromatic heterocycles. The van der Waals surface area contributed by atoms with Crippen LogP contribution in [-0.2, 0) is 10.0 Å². The van der Waals surface area contributed by atoms with Crippen molar-refractivity contribution in [3.63, 3.8) is 0 Å². The molecule has 1 heterocycles. The van der Waals surface area contributed by atoms with Gasteiger partial charge in [-0.3, -0.25) is 0 Å². The van der Waals surface area contributed by atoms with Gasteiger partial charge in [0.2, 0.25) is 10.0 Å². The van der Waals surface area contributed by atoms with Crippen LogP contribution in [0.2, 0.25) is 0 Å². The van der Waals surface area contributed by atoms with Gasteiger partial charge in [-0.15, -0.1) is 6.42 Å². The molecule has 0 amide bonds. The van der Waals surface area contributed by atoms with Crippen molar-refractivity contribution >= 4 is 10.0 Å². The van der Waals surface area contributed by atoms with Gasteiger partial charge in [-0.05, 0) is 18.6 Å². The van der Waals surface area contributed by atoms with Crippen molar-refractivity contribution in [2.45, 2.75) is 30.7 Å². The molecule has 5 nitrogen and oxygen atoms in total. The first kappa shape index (κ1) is 14.2. The molecule has 0 saturated heterocycles. The highest BCUT2D eigenvalue weighted by molar-refractivity contribution is 7.89. The van der Waals surface area contributed by atoms with E-state index >= 15 is 0 Å². The predicted octanol–water partition coefficient (Wildman–Crippen LogP) is 1.03. The third-order valence-corrected chi connectivity index (χ3v) is 3.69. The number of sulfonamides is 1. The minimum Gasteiger partial charge on any atom is -0.244 e. The molecule has 0 fully saturated rings. The number of aromatic nitrogens is 1. The predicted molar refractivity (Wildman–Crippen MR) is 66.8 cm³/mol. The largest absolute Gasteiger partial charge is 0.244 e. The monoisotopic (exact) mass is 263 g/mol. The van der Waals surface area contributed by atoms with Gasteiger partial charge < -0.3 is 0 Å². The number of pyridine rings is 1. The molecule has 0 radical (unpaired) electrons. The zero-order valence-electron chi connectivity index (χ0n) is 9.92. The number of nitriles is 1. The molecule has 1 rings (SSSR count). The lowest BCUT2D eigenvalue weighted by Gasteiger charge is -2.12. The molecule has 1 atom stereocenters. The molecular weight excluding hydrogens is 250 g/mol. The molecule has 94 valence electrons. The maximum Gasteiger partial charge on any atom is 0.243 e. The summed E-state index contributed by atoms with van der Waals surface area (Å²) in [5.41, 5.74) is 0.163. The average molecular weight is 263 g/mol. The zero-order chi connectivity index (χ0) is 13.6. The van der Waals surface area contributed by atoms with E-state index in [0.717, 1.165) is 12.6 Å². The van der Waals surface area contributed by atoms with Gasteiger partial charge in [0.25, 0.3) is 0 Å². The Kier molecular flexibility index (Phi) is 4.85. The minimum atomic E-state index is -3.68. The van der Waals surface area contributed by atoms with Crippen molar-refractivity contribution in [3.8, 4) is 18.4 Å². The van der Waals surface area contributed by atoms with E-state index in [2.05, 4.69) is 15.6 Å². The van der Waals surface area contributed by atoms with Crippen molar-refractivity contribution in [1.29, 1.82) is 5.26 Å². The molecule has 18 heavy (non-hydrogen) atoms. The molecule has 0 aliphatic rings. The van der Waals surface area contributed by atoms with Crippen LogP contribution in [0.25, 0.3) is 0 Å². The summed E-state index contributed by atoms with van der Waals surface area (Å²) in [6.45, 7) is 1.92. The van der Waals surface area contributed by atoms with Crippen molar-refractivity contribution < 1.29 is 8.42 Å². The molecule has 0 aliphatic heterocycles. The van der Waals surface area contributed by atoms with E-state index < -0.39 is 16.1 Å². The summed E-state index contributed by atoms with van der Waals surface area (Å²) in [4.78, 5) is 3.71. The third-order valence-electron chi connectivity index (χ3n) is 2.24. The first-order valence-electron chi connectivity index (χ1n) is 5.38. The van der Waals surface area contributed by atoms with Crippen LogP contribution >= 0.6 is 0 Å². The number of terminal acetylenes is 1. The fraction of sp³-hybridized carbons (Fsp3) is 0.333. The highest BCUT2D eigenvalue weighted by Gasteiger charge is 2.18. The Morgan fingerprint density at radius 1 is 1.56 bits per heavy atom. The summed E-state index contributed by atoms with van der Waals surface area (Å²) in [5, 5.41) is 8.58. The van der Waals surface area contributed by atoms with Gasteiger partial charge in [-0.25, -0.2) is 13.4 Å². The molecule has 1 aromatic rings. The summed E-state index contributed by atoms with van der Waals surface area (Å²) in [6, 6.07) is 3.96. The van der Waals surface area contributed by atoms with E-state index in [1.807, 2.05) is 13.0 Å². The number of hydrogen-bond acceptors (Lipinski definition) is 4. The van der Waals surface area contributed by atoms with Gasteiger partial charge in [0.1, 0.15) is 16.7 Å². The van der Waals surface area contributed by atoms with Crippen LogP contribution in [-0.4, -0.2) is 19.4 Å². The van der Waals surface area contributed by atoms with E-state index in [0.29, 0.717) is 6.42 Å². The SMILES string of the molecule is C#CC(CCC)NS(=O)(=O)c1ccc(C#N)nc1. The molecule has 1 unspecified atom stereocenters. The van der Waals surface area contributed by atoms with Crippen LogP contribution in [0.4, 0.5) is 0 Å². The van der Waals surface area contributed by atoms with Gasteiger partial charge in [0, 0.05) is 6.20 Å². The summed E-state index contributed by atoms with van der Waals surface area (Å²) in [7, 11) is -3.68. The Morgan fingerprint density at radius 3 is 2.72 bits per heavy atom. The van der Waals surface area contributed by atoms with Crippen LogP contribution in [0.5, 0.6) is 0 Å². The Bertz CT molecular complexity index is 579. The van der Waals surface area contributed by atoms with Crippen molar-refractivity contribution in [2.75, 3.05) is 0 Å². The normalized spacial score (nSPS) is 12.4. The van der Waals surface area contributed by atoms with Crippen LogP contribution in [0.3, 0.4) is 0 Å². The summed E-state index contributed by atoms with van der Waals surface area (Å²) in [6.07, 6.45) is 7.74. The van der Waals surface area contributed by atoms with Gasteiger partial charge in [0.15, 0.2) is 0 Å². The highest BCUT2D eigenvalue weighted by atomic mass is 32.2. The fourth-order valence-electron chi connectivity index (χ4n) is 1.33. The lowest BCUT2D eigenvalue weighted by Crippen LogP contribution is -2.33. The Balaban J connectivity index is 2.93. The molecule has 0 aliphatic carbocycles. The number of hydrogen-bond donors (Lipinski definition) is 1. The zero-order valence-corrected chi connectivity index (χ0v) is 10.7. The van der Waals surface area contributed by atoms with Gasteiger partial charge >= 0.3 is 0 Å². The Morgan fingerprint density at radius 2 is 2.28 bits per heavy atom. The standard InChI is InChI=1S/C12H13N3O2S/c1-3-5-10(4-2)15-18(16,17)12-7-6-11(8-13)14-9-12/h2,6-7,9-10,15H,3,5H2,1H3. The number of rotatable bonds is 5. The molecule has 0 aromatic carbocycles. The molecule has 0 spiro atoms. The van der Waals surface area contributed by atoms with E-state index in [1.165, 1.54) is 12.1 Å². The third kappa shape index (κ3) is 3.56. The smallest absolute Gasteiger partial charge is 0.243 e. The maximum atomic E-state index is 11.9. The molecule has 0 saturated carbocycles. The molecule has 0 bridgehead atoms. The quantitative estimate of drug-likeness (QED) is 0.804. The summed E-state index contributed by atoms with van der Waals surface area (Å²) >= 11 is 0. The fourth-order valence-corrected chi connectivity index (χ4v) is 2.46. The highest BCUT2D eigenvalue weighted by Crippen LogP contribution is 2.09. The molecular formula is C12H13N3O2S. The number of nitrogens with one attached hydrogen (secondary N) is 1. The van der Waals surface area contributed by atoms with Crippen LogP contribution < -0.4 is 4.72 Å². The second kappa shape index (κ2) is 6.15. The number of nitrogens with zero attached hydrogens (tertiary/aromatic N) is 2. The van der Waals surface area contributed by atoms with Crippen LogP contribution in [0, 0.1) is 23.7 Å². The minimum absolute atomic E-state index is 0.00199.